The Morgan fingerprint density at radius 1 is 1.30 bits per heavy atom. The van der Waals surface area contributed by atoms with Crippen molar-refractivity contribution in [3.8, 4) is 0 Å². The first kappa shape index (κ1) is 15.6. The lowest BCUT2D eigenvalue weighted by molar-refractivity contribution is 0.0253. The molecule has 0 aliphatic carbocycles. The van der Waals surface area contributed by atoms with Gasteiger partial charge in [0.25, 0.3) is 0 Å². The molecule has 2 fully saturated rings. The Labute approximate surface area is 146 Å². The average Bonchev–Trinajstić information content (AvgIpc) is 3.13. The predicted molar refractivity (Wildman–Crippen MR) is 97.0 cm³/mol. The smallest absolute Gasteiger partial charge is 0.0892 e. The van der Waals surface area contributed by atoms with E-state index < -0.39 is 0 Å². The van der Waals surface area contributed by atoms with Gasteiger partial charge in [-0.2, -0.15) is 0 Å². The van der Waals surface area contributed by atoms with Gasteiger partial charge in [-0.15, -0.1) is 23.1 Å². The number of rotatable bonds is 5. The molecule has 2 saturated heterocycles. The summed E-state index contributed by atoms with van der Waals surface area (Å²) in [5.41, 5.74) is 1.03. The van der Waals surface area contributed by atoms with Gasteiger partial charge < -0.3 is 4.74 Å². The molecule has 1 unspecified atom stereocenters. The molecule has 1 atom stereocenters. The van der Waals surface area contributed by atoms with Gasteiger partial charge in [-0.3, -0.25) is 9.88 Å². The molecule has 2 aromatic heterocycles. The summed E-state index contributed by atoms with van der Waals surface area (Å²) in [6.07, 6.45) is 3.40. The zero-order valence-electron chi connectivity index (χ0n) is 13.4. The van der Waals surface area contributed by atoms with Crippen molar-refractivity contribution >= 4 is 23.1 Å². The highest BCUT2D eigenvalue weighted by molar-refractivity contribution is 8.01. The minimum absolute atomic E-state index is 0.383. The van der Waals surface area contributed by atoms with Crippen molar-refractivity contribution in [2.24, 2.45) is 0 Å². The van der Waals surface area contributed by atoms with Crippen LogP contribution >= 0.6 is 23.1 Å². The van der Waals surface area contributed by atoms with Crippen LogP contribution in [0.4, 0.5) is 0 Å². The van der Waals surface area contributed by atoms with Gasteiger partial charge in [-0.1, -0.05) is 6.07 Å². The lowest BCUT2D eigenvalue weighted by Crippen LogP contribution is -2.58. The van der Waals surface area contributed by atoms with Crippen molar-refractivity contribution in [3.63, 3.8) is 0 Å². The maximum atomic E-state index is 6.08. The minimum atomic E-state index is 0.383. The topological polar surface area (TPSA) is 25.4 Å². The molecule has 0 saturated carbocycles. The van der Waals surface area contributed by atoms with Gasteiger partial charge in [0.15, 0.2) is 0 Å². The fourth-order valence-electron chi connectivity index (χ4n) is 3.49. The Hall–Kier alpha value is -0.880. The summed E-state index contributed by atoms with van der Waals surface area (Å²) in [7, 11) is 0. The number of hydrogen-bond donors (Lipinski definition) is 0. The summed E-state index contributed by atoms with van der Waals surface area (Å²) in [5.74, 6) is 1.12. The number of thioether (sulfide) groups is 1. The largest absolute Gasteiger partial charge is 0.371 e. The van der Waals surface area contributed by atoms with Crippen LogP contribution in [-0.2, 0) is 17.9 Å². The SMILES string of the molecule is Cc1ccc(CN2CC3(CC(OCc4ccccn4)CS3)C2)s1. The molecule has 23 heavy (non-hydrogen) atoms. The van der Waals surface area contributed by atoms with Crippen LogP contribution in [0.15, 0.2) is 36.5 Å². The summed E-state index contributed by atoms with van der Waals surface area (Å²) >= 11 is 4.03. The third-order valence-electron chi connectivity index (χ3n) is 4.57. The molecule has 0 bridgehead atoms. The van der Waals surface area contributed by atoms with Crippen LogP contribution in [0.3, 0.4) is 0 Å². The van der Waals surface area contributed by atoms with Crippen LogP contribution in [0.1, 0.15) is 21.9 Å². The first-order chi connectivity index (χ1) is 11.2. The van der Waals surface area contributed by atoms with E-state index >= 15 is 0 Å². The number of ether oxygens (including phenoxy) is 1. The summed E-state index contributed by atoms with van der Waals surface area (Å²) in [6.45, 7) is 6.35. The van der Waals surface area contributed by atoms with Crippen molar-refractivity contribution in [2.75, 3.05) is 18.8 Å². The third kappa shape index (κ3) is 3.63. The molecule has 4 heterocycles. The zero-order chi connectivity index (χ0) is 15.7. The molecule has 2 aliphatic heterocycles. The molecule has 0 radical (unpaired) electrons. The summed E-state index contributed by atoms with van der Waals surface area (Å²) in [5, 5.41) is 0. The van der Waals surface area contributed by atoms with Gasteiger partial charge in [-0.25, -0.2) is 0 Å². The highest BCUT2D eigenvalue weighted by Crippen LogP contribution is 2.46. The molecule has 0 amide bonds. The van der Waals surface area contributed by atoms with Crippen molar-refractivity contribution in [2.45, 2.75) is 37.3 Å². The molecular weight excluding hydrogens is 324 g/mol. The number of pyridine rings is 1. The molecule has 2 aromatic rings. The van der Waals surface area contributed by atoms with Crippen molar-refractivity contribution in [1.82, 2.24) is 9.88 Å². The molecule has 4 rings (SSSR count). The molecular formula is C18H22N2OS2. The van der Waals surface area contributed by atoms with Gasteiger partial charge in [0, 0.05) is 46.1 Å². The van der Waals surface area contributed by atoms with E-state index in [0.29, 0.717) is 17.5 Å². The Morgan fingerprint density at radius 3 is 2.96 bits per heavy atom. The van der Waals surface area contributed by atoms with Gasteiger partial charge >= 0.3 is 0 Å². The van der Waals surface area contributed by atoms with E-state index in [1.807, 2.05) is 35.7 Å². The van der Waals surface area contributed by atoms with Crippen molar-refractivity contribution < 1.29 is 4.74 Å². The number of hydrogen-bond acceptors (Lipinski definition) is 5. The standard InChI is InChI=1S/C18H22N2OS2/c1-14-5-6-17(23-14)9-20-12-18(13-20)8-16(11-22-18)21-10-15-4-2-3-7-19-15/h2-7,16H,8-13H2,1H3. The fraction of sp³-hybridized carbons (Fsp3) is 0.500. The number of aromatic nitrogens is 1. The first-order valence-electron chi connectivity index (χ1n) is 8.14. The van der Waals surface area contributed by atoms with E-state index in [9.17, 15) is 0 Å². The molecule has 0 aromatic carbocycles. The Balaban J connectivity index is 1.23. The lowest BCUT2D eigenvalue weighted by atomic mass is 9.93. The van der Waals surface area contributed by atoms with Crippen LogP contribution in [-0.4, -0.2) is 39.6 Å². The van der Waals surface area contributed by atoms with Gasteiger partial charge in [-0.05, 0) is 37.6 Å². The van der Waals surface area contributed by atoms with Crippen LogP contribution in [0.5, 0.6) is 0 Å². The van der Waals surface area contributed by atoms with Crippen LogP contribution in [0.25, 0.3) is 0 Å². The summed E-state index contributed by atoms with van der Waals surface area (Å²) in [6, 6.07) is 10.5. The number of nitrogens with zero attached hydrogens (tertiary/aromatic N) is 2. The molecule has 0 N–H and O–H groups in total. The molecule has 1 spiro atoms. The van der Waals surface area contributed by atoms with E-state index in [1.165, 1.54) is 29.3 Å². The fourth-order valence-corrected chi connectivity index (χ4v) is 6.03. The second kappa shape index (κ2) is 6.55. The van der Waals surface area contributed by atoms with Crippen molar-refractivity contribution in [1.29, 1.82) is 0 Å². The number of likely N-dealkylation sites (tertiary alicyclic amines) is 1. The van der Waals surface area contributed by atoms with E-state index in [4.69, 9.17) is 4.74 Å². The summed E-state index contributed by atoms with van der Waals surface area (Å²) < 4.78 is 6.52. The third-order valence-corrected chi connectivity index (χ3v) is 7.13. The first-order valence-corrected chi connectivity index (χ1v) is 9.94. The van der Waals surface area contributed by atoms with E-state index in [0.717, 1.165) is 18.0 Å². The van der Waals surface area contributed by atoms with E-state index in [-0.39, 0.29) is 0 Å². The van der Waals surface area contributed by atoms with Crippen molar-refractivity contribution in [3.05, 3.63) is 52.0 Å². The molecule has 2 aliphatic rings. The second-order valence-electron chi connectivity index (χ2n) is 6.61. The highest BCUT2D eigenvalue weighted by Gasteiger charge is 2.49. The molecule has 5 heteroatoms. The lowest BCUT2D eigenvalue weighted by Gasteiger charge is -2.47. The summed E-state index contributed by atoms with van der Waals surface area (Å²) in [4.78, 5) is 9.80. The van der Waals surface area contributed by atoms with Crippen LogP contribution < -0.4 is 0 Å². The Kier molecular flexibility index (Phi) is 4.46. The highest BCUT2D eigenvalue weighted by atomic mass is 32.2. The quantitative estimate of drug-likeness (QED) is 0.824. The zero-order valence-corrected chi connectivity index (χ0v) is 15.0. The second-order valence-corrected chi connectivity index (χ2v) is 9.47. The molecule has 122 valence electrons. The van der Waals surface area contributed by atoms with E-state index in [1.54, 1.807) is 0 Å². The normalized spacial score (nSPS) is 23.3. The Morgan fingerprint density at radius 2 is 2.22 bits per heavy atom. The maximum absolute atomic E-state index is 6.08. The minimum Gasteiger partial charge on any atom is -0.371 e. The van der Waals surface area contributed by atoms with Gasteiger partial charge in [0.05, 0.1) is 18.4 Å². The van der Waals surface area contributed by atoms with Gasteiger partial charge in [0.1, 0.15) is 0 Å². The Bertz CT molecular complexity index is 652. The average molecular weight is 347 g/mol. The monoisotopic (exact) mass is 346 g/mol. The van der Waals surface area contributed by atoms with E-state index in [2.05, 4.69) is 40.7 Å². The maximum Gasteiger partial charge on any atom is 0.0892 e. The van der Waals surface area contributed by atoms with Crippen LogP contribution in [0.2, 0.25) is 0 Å². The van der Waals surface area contributed by atoms with Gasteiger partial charge in [0.2, 0.25) is 0 Å². The number of aryl methyl sites for hydroxylation is 1. The number of thiophene rings is 1. The molecule has 3 nitrogen and oxygen atoms in total. The predicted octanol–water partition coefficient (Wildman–Crippen LogP) is 3.73. The van der Waals surface area contributed by atoms with Crippen LogP contribution in [0, 0.1) is 6.92 Å².